The molecule has 0 aromatic heterocycles. The molecule has 0 aliphatic heterocycles. The number of rotatable bonds is 10. The van der Waals surface area contributed by atoms with Gasteiger partial charge in [-0.15, -0.1) is 11.8 Å². The lowest BCUT2D eigenvalue weighted by Crippen LogP contribution is -2.50. The fraction of sp³-hybridized carbons (Fsp3) is 0.259. The summed E-state index contributed by atoms with van der Waals surface area (Å²) in [5.74, 6) is 0.871. The number of benzene rings is 3. The summed E-state index contributed by atoms with van der Waals surface area (Å²) in [6.45, 7) is 2.46. The number of amides is 2. The third-order valence-corrected chi connectivity index (χ3v) is 7.02. The van der Waals surface area contributed by atoms with Gasteiger partial charge in [-0.1, -0.05) is 82.7 Å². The van der Waals surface area contributed by atoms with Crippen molar-refractivity contribution in [1.82, 2.24) is 10.2 Å². The summed E-state index contributed by atoms with van der Waals surface area (Å²) < 4.78 is 0.977. The van der Waals surface area contributed by atoms with Gasteiger partial charge in [0.15, 0.2) is 0 Å². The smallest absolute Gasteiger partial charge is 0.242 e. The van der Waals surface area contributed by atoms with Crippen molar-refractivity contribution < 1.29 is 9.59 Å². The van der Waals surface area contributed by atoms with Gasteiger partial charge in [0.25, 0.3) is 0 Å². The highest BCUT2D eigenvalue weighted by molar-refractivity contribution is 9.10. The Bertz CT molecular complexity index is 1060. The summed E-state index contributed by atoms with van der Waals surface area (Å²) in [5, 5.41) is 2.76. The van der Waals surface area contributed by atoms with E-state index < -0.39 is 6.04 Å². The van der Waals surface area contributed by atoms with Crippen LogP contribution in [0.2, 0.25) is 0 Å². The second-order valence-electron chi connectivity index (χ2n) is 7.89. The number of carbonyl (C=O) groups excluding carboxylic acids is 2. The number of hydrogen-bond donors (Lipinski definition) is 1. The Morgan fingerprint density at radius 2 is 1.61 bits per heavy atom. The molecule has 33 heavy (non-hydrogen) atoms. The minimum absolute atomic E-state index is 0.0407. The second-order valence-corrected chi connectivity index (χ2v) is 9.79. The lowest BCUT2D eigenvalue weighted by Gasteiger charge is -2.31. The van der Waals surface area contributed by atoms with Gasteiger partial charge < -0.3 is 10.2 Å². The Balaban J connectivity index is 1.80. The number of aryl methyl sites for hydroxylation is 1. The fourth-order valence-corrected chi connectivity index (χ4v) is 4.86. The molecule has 0 aliphatic carbocycles. The van der Waals surface area contributed by atoms with E-state index in [1.807, 2.05) is 66.7 Å². The van der Waals surface area contributed by atoms with E-state index in [1.54, 1.807) is 23.7 Å². The van der Waals surface area contributed by atoms with Crippen molar-refractivity contribution in [3.8, 4) is 0 Å². The molecule has 3 aromatic rings. The van der Waals surface area contributed by atoms with Gasteiger partial charge in [-0.05, 0) is 41.3 Å². The summed E-state index contributed by atoms with van der Waals surface area (Å²) in [5.41, 5.74) is 4.45. The molecule has 0 saturated carbocycles. The van der Waals surface area contributed by atoms with Gasteiger partial charge in [-0.2, -0.15) is 0 Å². The van der Waals surface area contributed by atoms with Gasteiger partial charge in [0.05, 0.1) is 5.75 Å². The van der Waals surface area contributed by atoms with Crippen molar-refractivity contribution in [3.05, 3.63) is 106 Å². The minimum atomic E-state index is -0.590. The Hall–Kier alpha value is -2.57. The zero-order valence-electron chi connectivity index (χ0n) is 19.0. The maximum absolute atomic E-state index is 13.5. The number of thioether (sulfide) groups is 1. The average molecular weight is 526 g/mol. The highest BCUT2D eigenvalue weighted by Crippen LogP contribution is 2.20. The molecule has 0 unspecified atom stereocenters. The first kappa shape index (κ1) is 25.1. The van der Waals surface area contributed by atoms with Crippen molar-refractivity contribution in [1.29, 1.82) is 0 Å². The molecule has 0 saturated heterocycles. The topological polar surface area (TPSA) is 49.4 Å². The van der Waals surface area contributed by atoms with E-state index in [-0.39, 0.29) is 11.8 Å². The minimum Gasteiger partial charge on any atom is -0.357 e. The molecule has 172 valence electrons. The normalized spacial score (nSPS) is 11.6. The summed E-state index contributed by atoms with van der Waals surface area (Å²) in [7, 11) is 1.62. The SMILES string of the molecule is CNC(=O)[C@H](Cc1ccccc1)N(Cc1ccc(Br)cc1)C(=O)CSCc1ccccc1C. The maximum atomic E-state index is 13.5. The third-order valence-electron chi connectivity index (χ3n) is 5.53. The van der Waals surface area contributed by atoms with Crippen LogP contribution in [-0.4, -0.2) is 35.6 Å². The molecule has 2 amide bonds. The van der Waals surface area contributed by atoms with Crippen molar-refractivity contribution in [2.75, 3.05) is 12.8 Å². The van der Waals surface area contributed by atoms with E-state index in [0.717, 1.165) is 21.4 Å². The number of nitrogens with one attached hydrogen (secondary N) is 1. The van der Waals surface area contributed by atoms with E-state index >= 15 is 0 Å². The molecular formula is C27H29BrN2O2S. The fourth-order valence-electron chi connectivity index (χ4n) is 3.61. The van der Waals surface area contributed by atoms with E-state index in [2.05, 4.69) is 40.3 Å². The molecule has 3 aromatic carbocycles. The zero-order valence-corrected chi connectivity index (χ0v) is 21.4. The summed E-state index contributed by atoms with van der Waals surface area (Å²) in [6, 6.07) is 25.3. The standard InChI is InChI=1S/C27H29BrN2O2S/c1-20-8-6-7-11-23(20)18-33-19-26(31)30(17-22-12-14-24(28)15-13-22)25(27(32)29-2)16-21-9-4-3-5-10-21/h3-15,25H,16-19H2,1-2H3,(H,29,32)/t25-/m0/s1. The number of halogens is 1. The second kappa shape index (κ2) is 12.6. The van der Waals surface area contributed by atoms with Crippen molar-refractivity contribution in [2.45, 2.75) is 31.7 Å². The summed E-state index contributed by atoms with van der Waals surface area (Å²) in [4.78, 5) is 28.1. The van der Waals surface area contributed by atoms with Gasteiger partial charge in [-0.25, -0.2) is 0 Å². The van der Waals surface area contributed by atoms with Gasteiger partial charge >= 0.3 is 0 Å². The Morgan fingerprint density at radius 3 is 2.27 bits per heavy atom. The number of likely N-dealkylation sites (N-methyl/N-ethyl adjacent to an activating group) is 1. The molecule has 0 radical (unpaired) electrons. The van der Waals surface area contributed by atoms with Crippen LogP contribution in [0.1, 0.15) is 22.3 Å². The highest BCUT2D eigenvalue weighted by atomic mass is 79.9. The molecule has 0 fully saturated rings. The molecule has 0 heterocycles. The first-order valence-corrected chi connectivity index (χ1v) is 12.8. The molecular weight excluding hydrogens is 496 g/mol. The van der Waals surface area contributed by atoms with Crippen LogP contribution in [0, 0.1) is 6.92 Å². The van der Waals surface area contributed by atoms with Crippen LogP contribution < -0.4 is 5.32 Å². The predicted octanol–water partition coefficient (Wildman–Crippen LogP) is 5.38. The van der Waals surface area contributed by atoms with E-state index in [9.17, 15) is 9.59 Å². The zero-order chi connectivity index (χ0) is 23.6. The van der Waals surface area contributed by atoms with Crippen LogP contribution in [0.5, 0.6) is 0 Å². The van der Waals surface area contributed by atoms with Crippen molar-refractivity contribution >= 4 is 39.5 Å². The average Bonchev–Trinajstić information content (AvgIpc) is 2.83. The largest absolute Gasteiger partial charge is 0.357 e. The molecule has 1 atom stereocenters. The first-order chi connectivity index (χ1) is 16.0. The Morgan fingerprint density at radius 1 is 0.939 bits per heavy atom. The number of hydrogen-bond acceptors (Lipinski definition) is 3. The molecule has 0 bridgehead atoms. The van der Waals surface area contributed by atoms with Crippen molar-refractivity contribution in [3.63, 3.8) is 0 Å². The third kappa shape index (κ3) is 7.47. The molecule has 0 spiro atoms. The highest BCUT2D eigenvalue weighted by Gasteiger charge is 2.29. The van der Waals surface area contributed by atoms with E-state index in [4.69, 9.17) is 0 Å². The van der Waals surface area contributed by atoms with Crippen LogP contribution >= 0.6 is 27.7 Å². The van der Waals surface area contributed by atoms with Crippen LogP contribution in [0.25, 0.3) is 0 Å². The first-order valence-electron chi connectivity index (χ1n) is 10.9. The quantitative estimate of drug-likeness (QED) is 0.387. The van der Waals surface area contributed by atoms with Gasteiger partial charge in [0.1, 0.15) is 6.04 Å². The Kier molecular flexibility index (Phi) is 9.58. The van der Waals surface area contributed by atoms with Gasteiger partial charge in [0.2, 0.25) is 11.8 Å². The lowest BCUT2D eigenvalue weighted by atomic mass is 10.0. The van der Waals surface area contributed by atoms with Crippen LogP contribution in [0.15, 0.2) is 83.3 Å². The summed E-state index contributed by atoms with van der Waals surface area (Å²) >= 11 is 5.04. The Labute approximate surface area is 208 Å². The van der Waals surface area contributed by atoms with Gasteiger partial charge in [-0.3, -0.25) is 9.59 Å². The van der Waals surface area contributed by atoms with E-state index in [1.165, 1.54) is 11.1 Å². The molecule has 6 heteroatoms. The van der Waals surface area contributed by atoms with E-state index in [0.29, 0.717) is 18.7 Å². The lowest BCUT2D eigenvalue weighted by molar-refractivity contribution is -0.139. The maximum Gasteiger partial charge on any atom is 0.242 e. The molecule has 0 aliphatic rings. The van der Waals surface area contributed by atoms with Crippen LogP contribution in [0.4, 0.5) is 0 Å². The van der Waals surface area contributed by atoms with Crippen LogP contribution in [-0.2, 0) is 28.3 Å². The van der Waals surface area contributed by atoms with Gasteiger partial charge in [0, 0.05) is 30.2 Å². The molecule has 3 rings (SSSR count). The predicted molar refractivity (Wildman–Crippen MR) is 140 cm³/mol. The number of nitrogens with zero attached hydrogens (tertiary/aromatic N) is 1. The molecule has 1 N–H and O–H groups in total. The summed E-state index contributed by atoms with van der Waals surface area (Å²) in [6.07, 6.45) is 0.464. The molecule has 4 nitrogen and oxygen atoms in total. The number of carbonyl (C=O) groups is 2. The van der Waals surface area contributed by atoms with Crippen molar-refractivity contribution in [2.24, 2.45) is 0 Å². The monoisotopic (exact) mass is 524 g/mol. The van der Waals surface area contributed by atoms with Crippen LogP contribution in [0.3, 0.4) is 0 Å².